The van der Waals surface area contributed by atoms with Gasteiger partial charge in [-0.2, -0.15) is 4.31 Å². The van der Waals surface area contributed by atoms with E-state index in [-0.39, 0.29) is 22.8 Å². The van der Waals surface area contributed by atoms with Crippen molar-refractivity contribution in [1.82, 2.24) is 9.29 Å². The first-order valence-electron chi connectivity index (χ1n) is 9.27. The van der Waals surface area contributed by atoms with Gasteiger partial charge >= 0.3 is 0 Å². The van der Waals surface area contributed by atoms with Gasteiger partial charge in [0.2, 0.25) is 15.9 Å². The van der Waals surface area contributed by atoms with Gasteiger partial charge in [-0.15, -0.1) is 11.3 Å². The number of benzene rings is 2. The molecule has 1 aromatic heterocycles. The number of carbonyl (C=O) groups is 1. The summed E-state index contributed by atoms with van der Waals surface area (Å²) in [7, 11) is -3.68. The number of hydrogen-bond donors (Lipinski definition) is 1. The Balaban J connectivity index is 1.53. The zero-order chi connectivity index (χ0) is 19.5. The van der Waals surface area contributed by atoms with Crippen LogP contribution in [0.5, 0.6) is 0 Å². The maximum Gasteiger partial charge on any atom is 0.243 e. The third-order valence-corrected chi connectivity index (χ3v) is 8.59. The van der Waals surface area contributed by atoms with Crippen molar-refractivity contribution in [2.24, 2.45) is 0 Å². The molecule has 2 atom stereocenters. The summed E-state index contributed by atoms with van der Waals surface area (Å²) in [5, 5.41) is 3.63. The fourth-order valence-corrected chi connectivity index (χ4v) is 6.88. The highest BCUT2D eigenvalue weighted by molar-refractivity contribution is 7.89. The number of carbonyl (C=O) groups excluding carboxylic acids is 1. The van der Waals surface area contributed by atoms with E-state index >= 15 is 0 Å². The van der Waals surface area contributed by atoms with E-state index in [0.717, 1.165) is 33.6 Å². The lowest BCUT2D eigenvalue weighted by atomic mass is 10.0. The Bertz CT molecular complexity index is 1170. The van der Waals surface area contributed by atoms with Crippen molar-refractivity contribution in [3.63, 3.8) is 0 Å². The lowest BCUT2D eigenvalue weighted by molar-refractivity contribution is -0.116. The predicted molar refractivity (Wildman–Crippen MR) is 109 cm³/mol. The summed E-state index contributed by atoms with van der Waals surface area (Å²) in [5.41, 5.74) is 2.34. The van der Waals surface area contributed by atoms with Crippen LogP contribution in [0.3, 0.4) is 0 Å². The van der Waals surface area contributed by atoms with Crippen LogP contribution < -0.4 is 5.32 Å². The number of amides is 1. The molecule has 28 heavy (non-hydrogen) atoms. The van der Waals surface area contributed by atoms with Crippen molar-refractivity contribution in [3.8, 4) is 0 Å². The molecule has 0 saturated carbocycles. The highest BCUT2D eigenvalue weighted by Crippen LogP contribution is 2.41. The summed E-state index contributed by atoms with van der Waals surface area (Å²) < 4.78 is 29.5. The van der Waals surface area contributed by atoms with Gasteiger partial charge in [-0.3, -0.25) is 4.79 Å². The molecule has 2 aromatic carbocycles. The third kappa shape index (κ3) is 2.67. The molecule has 1 fully saturated rings. The molecule has 0 aliphatic carbocycles. The quantitative estimate of drug-likeness (QED) is 0.707. The Morgan fingerprint density at radius 2 is 2.04 bits per heavy atom. The molecule has 8 heteroatoms. The van der Waals surface area contributed by atoms with Crippen LogP contribution in [-0.4, -0.2) is 30.2 Å². The number of aromatic nitrogens is 1. The Kier molecular flexibility index (Phi) is 4.04. The Hall–Kier alpha value is -2.29. The van der Waals surface area contributed by atoms with E-state index < -0.39 is 10.0 Å². The monoisotopic (exact) mass is 413 g/mol. The minimum Gasteiger partial charge on any atom is -0.325 e. The average Bonchev–Trinajstić information content (AvgIpc) is 3.39. The van der Waals surface area contributed by atoms with Gasteiger partial charge in [0.05, 0.1) is 27.1 Å². The number of sulfonamides is 1. The van der Waals surface area contributed by atoms with Crippen molar-refractivity contribution >= 4 is 43.2 Å². The first-order chi connectivity index (χ1) is 13.4. The molecule has 5 rings (SSSR count). The van der Waals surface area contributed by atoms with E-state index in [4.69, 9.17) is 0 Å². The highest BCUT2D eigenvalue weighted by Gasteiger charge is 2.39. The van der Waals surface area contributed by atoms with Crippen LogP contribution in [0.4, 0.5) is 5.69 Å². The molecule has 2 aliphatic heterocycles. The number of nitrogens with zero attached hydrogens (tertiary/aromatic N) is 2. The Morgan fingerprint density at radius 1 is 1.21 bits per heavy atom. The Morgan fingerprint density at radius 3 is 2.86 bits per heavy atom. The van der Waals surface area contributed by atoms with Crippen LogP contribution in [0.15, 0.2) is 47.4 Å². The minimum atomic E-state index is -3.68. The van der Waals surface area contributed by atoms with Gasteiger partial charge in [-0.05, 0) is 55.7 Å². The van der Waals surface area contributed by atoms with Gasteiger partial charge < -0.3 is 5.32 Å². The number of nitrogens with one attached hydrogen (secondary N) is 1. The average molecular weight is 414 g/mol. The fourth-order valence-electron chi connectivity index (χ4n) is 4.00. The van der Waals surface area contributed by atoms with Crippen LogP contribution in [0.25, 0.3) is 10.2 Å². The summed E-state index contributed by atoms with van der Waals surface area (Å²) in [4.78, 5) is 16.8. The summed E-state index contributed by atoms with van der Waals surface area (Å²) in [5.74, 6) is -0.443. The molecular formula is C20H19N3O3S2. The maximum absolute atomic E-state index is 13.4. The summed E-state index contributed by atoms with van der Waals surface area (Å²) in [6, 6.07) is 12.5. The summed E-state index contributed by atoms with van der Waals surface area (Å²) >= 11 is 1.56. The SMILES string of the molecule is C[C@@H]1C(=O)Nc2ccc(S(=O)(=O)N3CCC[C@@H]3c3nc4ccccc4s3)cc21. The smallest absolute Gasteiger partial charge is 0.243 e. The van der Waals surface area contributed by atoms with Crippen molar-refractivity contribution < 1.29 is 13.2 Å². The highest BCUT2D eigenvalue weighted by atomic mass is 32.2. The minimum absolute atomic E-state index is 0.0990. The van der Waals surface area contributed by atoms with Gasteiger partial charge in [-0.1, -0.05) is 12.1 Å². The van der Waals surface area contributed by atoms with Gasteiger partial charge in [-0.25, -0.2) is 13.4 Å². The molecule has 0 bridgehead atoms. The van der Waals surface area contributed by atoms with Crippen LogP contribution in [0.2, 0.25) is 0 Å². The third-order valence-electron chi connectivity index (χ3n) is 5.55. The number of anilines is 1. The molecule has 144 valence electrons. The van der Waals surface area contributed by atoms with Crippen LogP contribution in [0, 0.1) is 0 Å². The predicted octanol–water partition coefficient (Wildman–Crippen LogP) is 3.88. The number of rotatable bonds is 3. The molecular weight excluding hydrogens is 394 g/mol. The zero-order valence-electron chi connectivity index (χ0n) is 15.3. The van der Waals surface area contributed by atoms with Crippen LogP contribution in [0.1, 0.15) is 42.3 Å². The van der Waals surface area contributed by atoms with Crippen LogP contribution in [-0.2, 0) is 14.8 Å². The van der Waals surface area contributed by atoms with E-state index in [0.29, 0.717) is 12.2 Å². The van der Waals surface area contributed by atoms with Crippen molar-refractivity contribution in [3.05, 3.63) is 53.0 Å². The standard InChI is InChI=1S/C20H19N3O3S2/c1-12-14-11-13(8-9-15(14)21-19(12)24)28(25,26)23-10-4-6-17(23)20-22-16-5-2-3-7-18(16)27-20/h2-3,5,7-9,11-12,17H,4,6,10H2,1H3,(H,21,24)/t12-,17+/m0/s1. The largest absolute Gasteiger partial charge is 0.325 e. The first kappa shape index (κ1) is 17.8. The zero-order valence-corrected chi connectivity index (χ0v) is 16.9. The van der Waals surface area contributed by atoms with E-state index in [1.54, 1.807) is 40.8 Å². The maximum atomic E-state index is 13.4. The van der Waals surface area contributed by atoms with Crippen molar-refractivity contribution in [2.75, 3.05) is 11.9 Å². The lowest BCUT2D eigenvalue weighted by Crippen LogP contribution is -2.30. The van der Waals surface area contributed by atoms with Crippen molar-refractivity contribution in [2.45, 2.75) is 36.6 Å². The second-order valence-corrected chi connectivity index (χ2v) is 10.2. The molecule has 6 nitrogen and oxygen atoms in total. The number of hydrogen-bond acceptors (Lipinski definition) is 5. The summed E-state index contributed by atoms with van der Waals surface area (Å²) in [6.45, 7) is 2.27. The Labute approximate surface area is 167 Å². The summed E-state index contributed by atoms with van der Waals surface area (Å²) in [6.07, 6.45) is 1.57. The number of fused-ring (bicyclic) bond motifs is 2. The number of para-hydroxylation sites is 1. The molecule has 0 unspecified atom stereocenters. The lowest BCUT2D eigenvalue weighted by Gasteiger charge is -2.23. The van der Waals surface area contributed by atoms with Gasteiger partial charge in [0, 0.05) is 12.2 Å². The molecule has 0 radical (unpaired) electrons. The first-order valence-corrected chi connectivity index (χ1v) is 11.5. The van der Waals surface area contributed by atoms with Gasteiger partial charge in [0.15, 0.2) is 0 Å². The van der Waals surface area contributed by atoms with E-state index in [1.165, 1.54) is 0 Å². The number of thiazole rings is 1. The molecule has 1 amide bonds. The molecule has 3 heterocycles. The fraction of sp³-hybridized carbons (Fsp3) is 0.300. The van der Waals surface area contributed by atoms with Crippen LogP contribution >= 0.6 is 11.3 Å². The van der Waals surface area contributed by atoms with Crippen molar-refractivity contribution in [1.29, 1.82) is 0 Å². The van der Waals surface area contributed by atoms with E-state index in [2.05, 4.69) is 10.3 Å². The van der Waals surface area contributed by atoms with E-state index in [9.17, 15) is 13.2 Å². The molecule has 0 spiro atoms. The van der Waals surface area contributed by atoms with E-state index in [1.807, 2.05) is 24.3 Å². The van der Waals surface area contributed by atoms with Gasteiger partial charge in [0.1, 0.15) is 5.01 Å². The normalized spacial score (nSPS) is 22.5. The molecule has 2 aliphatic rings. The topological polar surface area (TPSA) is 79.4 Å². The van der Waals surface area contributed by atoms with Gasteiger partial charge in [0.25, 0.3) is 0 Å². The second kappa shape index (κ2) is 6.37. The molecule has 1 saturated heterocycles. The second-order valence-electron chi connectivity index (χ2n) is 7.25. The molecule has 3 aromatic rings. The molecule has 1 N–H and O–H groups in total.